The second-order valence-electron chi connectivity index (χ2n) is 6.25. The number of nitrogens with zero attached hydrogens (tertiary/aromatic N) is 4. The number of nitro benzene ring substituents is 2. The summed E-state index contributed by atoms with van der Waals surface area (Å²) >= 11 is 0. The molecule has 0 aliphatic rings. The largest absolute Gasteiger partial charge is 0.301 e. The van der Waals surface area contributed by atoms with E-state index >= 15 is 0 Å². The standard InChI is InChI=1S/C21H14N4O4/c26-24(27)17-11-12-19(21(13-17)25(28)29)23-20(16-9-5-2-6-10-16)14-18(22-23)15-7-3-1-4-8-15/h1-14H. The summed E-state index contributed by atoms with van der Waals surface area (Å²) < 4.78 is 1.46. The maximum Gasteiger partial charge on any atom is 0.301 e. The predicted octanol–water partition coefficient (Wildman–Crippen LogP) is 5.02. The molecule has 0 fully saturated rings. The Kier molecular flexibility index (Phi) is 4.58. The van der Waals surface area contributed by atoms with E-state index in [9.17, 15) is 20.2 Å². The van der Waals surface area contributed by atoms with Gasteiger partial charge in [-0.25, -0.2) is 4.68 Å². The van der Waals surface area contributed by atoms with Crippen LogP contribution in [0.3, 0.4) is 0 Å². The van der Waals surface area contributed by atoms with E-state index in [4.69, 9.17) is 0 Å². The Morgan fingerprint density at radius 2 is 1.34 bits per heavy atom. The van der Waals surface area contributed by atoms with Gasteiger partial charge in [0.1, 0.15) is 5.69 Å². The van der Waals surface area contributed by atoms with Gasteiger partial charge in [0.05, 0.1) is 27.3 Å². The highest BCUT2D eigenvalue weighted by Gasteiger charge is 2.24. The Morgan fingerprint density at radius 1 is 0.724 bits per heavy atom. The van der Waals surface area contributed by atoms with Crippen LogP contribution in [-0.2, 0) is 0 Å². The van der Waals surface area contributed by atoms with Crippen molar-refractivity contribution in [2.24, 2.45) is 0 Å². The molecule has 0 aliphatic heterocycles. The third kappa shape index (κ3) is 3.46. The van der Waals surface area contributed by atoms with Gasteiger partial charge < -0.3 is 0 Å². The molecule has 0 saturated heterocycles. The Bertz CT molecular complexity index is 1200. The Labute approximate surface area is 165 Å². The molecule has 4 rings (SSSR count). The molecule has 1 aromatic heterocycles. The van der Waals surface area contributed by atoms with Crippen molar-refractivity contribution in [1.82, 2.24) is 9.78 Å². The van der Waals surface area contributed by atoms with Crippen molar-refractivity contribution in [2.45, 2.75) is 0 Å². The average molecular weight is 386 g/mol. The van der Waals surface area contributed by atoms with Crippen molar-refractivity contribution < 1.29 is 9.85 Å². The minimum Gasteiger partial charge on any atom is -0.258 e. The van der Waals surface area contributed by atoms with Crippen LogP contribution in [0.15, 0.2) is 84.9 Å². The summed E-state index contributed by atoms with van der Waals surface area (Å²) in [6.07, 6.45) is 0. The van der Waals surface area contributed by atoms with Crippen molar-refractivity contribution >= 4 is 11.4 Å². The number of non-ortho nitro benzene ring substituents is 1. The van der Waals surface area contributed by atoms with Gasteiger partial charge in [-0.2, -0.15) is 5.10 Å². The molecular weight excluding hydrogens is 372 g/mol. The van der Waals surface area contributed by atoms with Crippen LogP contribution in [-0.4, -0.2) is 19.6 Å². The quantitative estimate of drug-likeness (QED) is 0.354. The van der Waals surface area contributed by atoms with E-state index in [2.05, 4.69) is 5.10 Å². The highest BCUT2D eigenvalue weighted by Crippen LogP contribution is 2.33. The lowest BCUT2D eigenvalue weighted by atomic mass is 10.1. The van der Waals surface area contributed by atoms with Gasteiger partial charge in [-0.15, -0.1) is 0 Å². The molecule has 0 bridgehead atoms. The van der Waals surface area contributed by atoms with Crippen LogP contribution in [0, 0.1) is 20.2 Å². The van der Waals surface area contributed by atoms with E-state index in [0.29, 0.717) is 11.4 Å². The number of nitro groups is 2. The van der Waals surface area contributed by atoms with Gasteiger partial charge in [0, 0.05) is 17.2 Å². The van der Waals surface area contributed by atoms with Gasteiger partial charge in [-0.1, -0.05) is 60.7 Å². The lowest BCUT2D eigenvalue weighted by Crippen LogP contribution is -2.04. The van der Waals surface area contributed by atoms with E-state index < -0.39 is 9.85 Å². The van der Waals surface area contributed by atoms with E-state index in [1.165, 1.54) is 16.8 Å². The third-order valence-electron chi connectivity index (χ3n) is 4.44. The van der Waals surface area contributed by atoms with Gasteiger partial charge in [0.2, 0.25) is 0 Å². The van der Waals surface area contributed by atoms with Gasteiger partial charge in [-0.05, 0) is 12.1 Å². The smallest absolute Gasteiger partial charge is 0.258 e. The molecule has 8 heteroatoms. The zero-order chi connectivity index (χ0) is 20.4. The molecule has 8 nitrogen and oxygen atoms in total. The monoisotopic (exact) mass is 386 g/mol. The van der Waals surface area contributed by atoms with Crippen molar-refractivity contribution in [3.63, 3.8) is 0 Å². The fraction of sp³-hybridized carbons (Fsp3) is 0. The number of benzene rings is 3. The summed E-state index contributed by atoms with van der Waals surface area (Å²) in [6.45, 7) is 0. The lowest BCUT2D eigenvalue weighted by Gasteiger charge is -2.08. The average Bonchev–Trinajstić information content (AvgIpc) is 3.20. The molecule has 3 aromatic carbocycles. The minimum absolute atomic E-state index is 0.154. The normalized spacial score (nSPS) is 10.6. The fourth-order valence-electron chi connectivity index (χ4n) is 3.08. The molecule has 0 spiro atoms. The molecule has 1 heterocycles. The Morgan fingerprint density at radius 3 is 1.93 bits per heavy atom. The first-order valence-corrected chi connectivity index (χ1v) is 8.69. The van der Waals surface area contributed by atoms with Crippen LogP contribution < -0.4 is 0 Å². The van der Waals surface area contributed by atoms with Gasteiger partial charge in [-0.3, -0.25) is 20.2 Å². The zero-order valence-corrected chi connectivity index (χ0v) is 15.0. The zero-order valence-electron chi connectivity index (χ0n) is 15.0. The van der Waals surface area contributed by atoms with Gasteiger partial charge >= 0.3 is 5.69 Å². The van der Waals surface area contributed by atoms with E-state index in [0.717, 1.165) is 17.2 Å². The Balaban J connectivity index is 1.97. The summed E-state index contributed by atoms with van der Waals surface area (Å²) in [5.74, 6) is 0. The van der Waals surface area contributed by atoms with E-state index in [1.807, 2.05) is 66.7 Å². The molecule has 0 amide bonds. The fourth-order valence-corrected chi connectivity index (χ4v) is 3.08. The molecule has 0 atom stereocenters. The maximum atomic E-state index is 11.6. The minimum atomic E-state index is -0.659. The van der Waals surface area contributed by atoms with Gasteiger partial charge in [0.15, 0.2) is 0 Å². The van der Waals surface area contributed by atoms with Crippen LogP contribution >= 0.6 is 0 Å². The second-order valence-corrected chi connectivity index (χ2v) is 6.25. The first kappa shape index (κ1) is 18.1. The highest BCUT2D eigenvalue weighted by molar-refractivity contribution is 5.72. The molecule has 142 valence electrons. The molecular formula is C21H14N4O4. The highest BCUT2D eigenvalue weighted by atomic mass is 16.6. The second kappa shape index (κ2) is 7.35. The molecule has 4 aromatic rings. The number of rotatable bonds is 5. The lowest BCUT2D eigenvalue weighted by molar-refractivity contribution is -0.394. The van der Waals surface area contributed by atoms with Crippen LogP contribution in [0.4, 0.5) is 11.4 Å². The number of hydrogen-bond donors (Lipinski definition) is 0. The maximum absolute atomic E-state index is 11.6. The summed E-state index contributed by atoms with van der Waals surface area (Å²) in [5.41, 5.74) is 2.36. The first-order valence-electron chi connectivity index (χ1n) is 8.69. The Hall–Kier alpha value is -4.33. The van der Waals surface area contributed by atoms with Crippen LogP contribution in [0.1, 0.15) is 0 Å². The van der Waals surface area contributed by atoms with E-state index in [-0.39, 0.29) is 17.1 Å². The van der Waals surface area contributed by atoms with Crippen molar-refractivity contribution in [3.05, 3.63) is 105 Å². The van der Waals surface area contributed by atoms with E-state index in [1.54, 1.807) is 0 Å². The number of aromatic nitrogens is 2. The topological polar surface area (TPSA) is 104 Å². The molecule has 0 N–H and O–H groups in total. The van der Waals surface area contributed by atoms with Crippen LogP contribution in [0.2, 0.25) is 0 Å². The van der Waals surface area contributed by atoms with Crippen molar-refractivity contribution in [2.75, 3.05) is 0 Å². The van der Waals surface area contributed by atoms with Crippen LogP contribution in [0.5, 0.6) is 0 Å². The SMILES string of the molecule is O=[N+]([O-])c1ccc(-n2nc(-c3ccccc3)cc2-c2ccccc2)c([N+](=O)[O-])c1. The first-order chi connectivity index (χ1) is 14.0. The molecule has 0 unspecified atom stereocenters. The predicted molar refractivity (Wildman–Crippen MR) is 108 cm³/mol. The summed E-state index contributed by atoms with van der Waals surface area (Å²) in [5, 5.41) is 27.3. The summed E-state index contributed by atoms with van der Waals surface area (Å²) in [6, 6.07) is 24.2. The summed E-state index contributed by atoms with van der Waals surface area (Å²) in [7, 11) is 0. The van der Waals surface area contributed by atoms with Crippen LogP contribution in [0.25, 0.3) is 28.2 Å². The van der Waals surface area contributed by atoms with Gasteiger partial charge in [0.25, 0.3) is 5.69 Å². The molecule has 29 heavy (non-hydrogen) atoms. The van der Waals surface area contributed by atoms with Crippen molar-refractivity contribution in [1.29, 1.82) is 0 Å². The summed E-state index contributed by atoms with van der Waals surface area (Å²) in [4.78, 5) is 21.4. The molecule has 0 saturated carbocycles. The third-order valence-corrected chi connectivity index (χ3v) is 4.44. The number of hydrogen-bond acceptors (Lipinski definition) is 5. The molecule has 0 aliphatic carbocycles. The van der Waals surface area contributed by atoms with Crippen molar-refractivity contribution in [3.8, 4) is 28.2 Å². The molecule has 0 radical (unpaired) electrons.